The van der Waals surface area contributed by atoms with Crippen LogP contribution < -0.4 is 0 Å². The SMILES string of the molecule is Cc1noc(-c2ccc(-c3ccc(C(C)OC(=O)C4CC4)cc3)cc2)c1Cn1cc(Cc2ccccc2)nn1. The number of ether oxygens (including phenoxy) is 1. The molecule has 0 amide bonds. The summed E-state index contributed by atoms with van der Waals surface area (Å²) >= 11 is 0. The van der Waals surface area contributed by atoms with Crippen LogP contribution in [0.15, 0.2) is 89.6 Å². The van der Waals surface area contributed by atoms with Gasteiger partial charge in [-0.05, 0) is 48.9 Å². The maximum Gasteiger partial charge on any atom is 0.309 e. The summed E-state index contributed by atoms with van der Waals surface area (Å²) < 4.78 is 13.2. The van der Waals surface area contributed by atoms with Gasteiger partial charge in [0.1, 0.15) is 6.10 Å². The number of carbonyl (C=O) groups is 1. The van der Waals surface area contributed by atoms with Crippen LogP contribution in [0, 0.1) is 12.8 Å². The van der Waals surface area contributed by atoms with Crippen molar-refractivity contribution in [2.75, 3.05) is 0 Å². The van der Waals surface area contributed by atoms with E-state index in [1.54, 1.807) is 0 Å². The van der Waals surface area contributed by atoms with E-state index in [1.165, 1.54) is 5.56 Å². The molecule has 1 saturated carbocycles. The Morgan fingerprint density at radius 1 is 0.974 bits per heavy atom. The van der Waals surface area contributed by atoms with Gasteiger partial charge in [0.25, 0.3) is 0 Å². The molecule has 7 nitrogen and oxygen atoms in total. The molecule has 0 saturated heterocycles. The topological polar surface area (TPSA) is 83.0 Å². The lowest BCUT2D eigenvalue weighted by Crippen LogP contribution is -2.10. The highest BCUT2D eigenvalue weighted by molar-refractivity contribution is 5.75. The molecule has 3 aromatic carbocycles. The Balaban J connectivity index is 1.14. The highest BCUT2D eigenvalue weighted by Gasteiger charge is 2.32. The number of aryl methyl sites for hydroxylation is 1. The van der Waals surface area contributed by atoms with Gasteiger partial charge in [-0.3, -0.25) is 4.79 Å². The largest absolute Gasteiger partial charge is 0.458 e. The predicted octanol–water partition coefficient (Wildman–Crippen LogP) is 6.56. The smallest absolute Gasteiger partial charge is 0.309 e. The zero-order valence-electron chi connectivity index (χ0n) is 22.1. The fourth-order valence-corrected chi connectivity index (χ4v) is 4.68. The summed E-state index contributed by atoms with van der Waals surface area (Å²) in [6, 6.07) is 26.7. The van der Waals surface area contributed by atoms with Gasteiger partial charge in [0.2, 0.25) is 0 Å². The van der Waals surface area contributed by atoms with Gasteiger partial charge in [-0.25, -0.2) is 4.68 Å². The van der Waals surface area contributed by atoms with Crippen molar-refractivity contribution in [3.63, 3.8) is 0 Å². The molecule has 2 aromatic heterocycles. The van der Waals surface area contributed by atoms with Crippen molar-refractivity contribution in [1.82, 2.24) is 20.2 Å². The van der Waals surface area contributed by atoms with Gasteiger partial charge >= 0.3 is 5.97 Å². The molecule has 1 unspecified atom stereocenters. The second-order valence-electron chi connectivity index (χ2n) is 10.2. The first kappa shape index (κ1) is 24.8. The molecule has 7 heteroatoms. The van der Waals surface area contributed by atoms with Crippen LogP contribution >= 0.6 is 0 Å². The normalized spacial score (nSPS) is 13.8. The van der Waals surface area contributed by atoms with Crippen molar-refractivity contribution < 1.29 is 14.1 Å². The van der Waals surface area contributed by atoms with Crippen LogP contribution in [0.25, 0.3) is 22.5 Å². The quantitative estimate of drug-likeness (QED) is 0.206. The predicted molar refractivity (Wildman–Crippen MR) is 148 cm³/mol. The third kappa shape index (κ3) is 5.67. The molecule has 0 radical (unpaired) electrons. The number of benzene rings is 3. The molecule has 1 fully saturated rings. The lowest BCUT2D eigenvalue weighted by molar-refractivity contribution is -0.150. The molecule has 0 bridgehead atoms. The van der Waals surface area contributed by atoms with E-state index < -0.39 is 0 Å². The van der Waals surface area contributed by atoms with Crippen LogP contribution in [0.4, 0.5) is 0 Å². The van der Waals surface area contributed by atoms with Crippen LogP contribution in [0.1, 0.15) is 53.9 Å². The van der Waals surface area contributed by atoms with Crippen molar-refractivity contribution in [3.05, 3.63) is 113 Å². The highest BCUT2D eigenvalue weighted by Crippen LogP contribution is 2.33. The maximum atomic E-state index is 12.0. The monoisotopic (exact) mass is 518 g/mol. The van der Waals surface area contributed by atoms with Crippen molar-refractivity contribution in [2.24, 2.45) is 5.92 Å². The molecule has 2 heterocycles. The Morgan fingerprint density at radius 2 is 1.64 bits per heavy atom. The van der Waals surface area contributed by atoms with Gasteiger partial charge in [-0.1, -0.05) is 89.2 Å². The molecule has 0 aliphatic heterocycles. The molecular formula is C32H30N4O3. The standard InChI is InChI=1S/C32H30N4O3/c1-21-30(20-36-19-29(33-35-36)18-23-6-4-3-5-7-23)31(39-34-21)27-14-12-26(13-15-27)25-10-8-24(9-11-25)22(2)38-32(37)28-16-17-28/h3-15,19,22,28H,16-18,20H2,1-2H3. The third-order valence-corrected chi connectivity index (χ3v) is 7.18. The number of aromatic nitrogens is 4. The lowest BCUT2D eigenvalue weighted by atomic mass is 9.99. The Hall–Kier alpha value is -4.52. The summed E-state index contributed by atoms with van der Waals surface area (Å²) in [5.74, 6) is 0.758. The summed E-state index contributed by atoms with van der Waals surface area (Å²) in [5, 5.41) is 12.9. The van der Waals surface area contributed by atoms with E-state index in [0.29, 0.717) is 6.54 Å². The first-order valence-electron chi connectivity index (χ1n) is 13.3. The molecule has 1 atom stereocenters. The summed E-state index contributed by atoms with van der Waals surface area (Å²) in [5.41, 5.74) is 8.07. The number of hydrogen-bond donors (Lipinski definition) is 0. The Kier molecular flexibility index (Phi) is 6.80. The Morgan fingerprint density at radius 3 is 2.33 bits per heavy atom. The summed E-state index contributed by atoms with van der Waals surface area (Å²) in [6.07, 6.45) is 4.37. The van der Waals surface area contributed by atoms with Crippen molar-refractivity contribution in [3.8, 4) is 22.5 Å². The number of rotatable bonds is 9. The molecule has 196 valence electrons. The van der Waals surface area contributed by atoms with E-state index in [4.69, 9.17) is 9.26 Å². The Labute approximate surface area is 227 Å². The molecule has 1 aliphatic carbocycles. The average Bonchev–Trinajstić information content (AvgIpc) is 3.64. The lowest BCUT2D eigenvalue weighted by Gasteiger charge is -2.14. The minimum Gasteiger partial charge on any atom is -0.458 e. The summed E-state index contributed by atoms with van der Waals surface area (Å²) in [6.45, 7) is 4.40. The highest BCUT2D eigenvalue weighted by atomic mass is 16.5. The first-order chi connectivity index (χ1) is 19.0. The molecular weight excluding hydrogens is 488 g/mol. The van der Waals surface area contributed by atoms with Crippen LogP contribution in [-0.4, -0.2) is 26.1 Å². The van der Waals surface area contributed by atoms with Crippen LogP contribution in [0.3, 0.4) is 0 Å². The fourth-order valence-electron chi connectivity index (χ4n) is 4.68. The van der Waals surface area contributed by atoms with E-state index in [1.807, 2.05) is 55.1 Å². The van der Waals surface area contributed by atoms with E-state index in [-0.39, 0.29) is 18.0 Å². The zero-order chi connectivity index (χ0) is 26.8. The molecule has 5 aromatic rings. The molecule has 1 aliphatic rings. The number of carbonyl (C=O) groups excluding carboxylic acids is 1. The van der Waals surface area contributed by atoms with Crippen LogP contribution in [0.5, 0.6) is 0 Å². The van der Waals surface area contributed by atoms with Gasteiger partial charge in [-0.15, -0.1) is 5.10 Å². The van der Waals surface area contributed by atoms with Crippen LogP contribution in [-0.2, 0) is 22.5 Å². The molecule has 0 spiro atoms. The van der Waals surface area contributed by atoms with E-state index in [9.17, 15) is 4.79 Å². The van der Waals surface area contributed by atoms with Gasteiger partial charge in [-0.2, -0.15) is 0 Å². The van der Waals surface area contributed by atoms with E-state index in [0.717, 1.165) is 64.2 Å². The van der Waals surface area contributed by atoms with E-state index in [2.05, 4.69) is 64.0 Å². The minimum atomic E-state index is -0.248. The molecule has 39 heavy (non-hydrogen) atoms. The number of hydrogen-bond acceptors (Lipinski definition) is 6. The van der Waals surface area contributed by atoms with Crippen LogP contribution in [0.2, 0.25) is 0 Å². The van der Waals surface area contributed by atoms with Crippen molar-refractivity contribution in [2.45, 2.75) is 45.8 Å². The second-order valence-corrected chi connectivity index (χ2v) is 10.2. The zero-order valence-corrected chi connectivity index (χ0v) is 22.1. The minimum absolute atomic E-state index is 0.0827. The maximum absolute atomic E-state index is 12.0. The van der Waals surface area contributed by atoms with Crippen molar-refractivity contribution >= 4 is 5.97 Å². The number of esters is 1. The first-order valence-corrected chi connectivity index (χ1v) is 13.3. The van der Waals surface area contributed by atoms with Crippen molar-refractivity contribution in [1.29, 1.82) is 0 Å². The Bertz CT molecular complexity index is 1570. The third-order valence-electron chi connectivity index (χ3n) is 7.18. The fraction of sp³-hybridized carbons (Fsp3) is 0.250. The molecule has 0 N–H and O–H groups in total. The van der Waals surface area contributed by atoms with Gasteiger partial charge in [0, 0.05) is 23.7 Å². The second kappa shape index (κ2) is 10.7. The number of nitrogens with zero attached hydrogens (tertiary/aromatic N) is 4. The molecule has 6 rings (SSSR count). The van der Waals surface area contributed by atoms with Gasteiger partial charge in [0.15, 0.2) is 5.76 Å². The van der Waals surface area contributed by atoms with E-state index >= 15 is 0 Å². The average molecular weight is 519 g/mol. The van der Waals surface area contributed by atoms with Gasteiger partial charge in [0.05, 0.1) is 23.9 Å². The summed E-state index contributed by atoms with van der Waals surface area (Å²) in [7, 11) is 0. The summed E-state index contributed by atoms with van der Waals surface area (Å²) in [4.78, 5) is 12.0. The van der Waals surface area contributed by atoms with Gasteiger partial charge < -0.3 is 9.26 Å².